The summed E-state index contributed by atoms with van der Waals surface area (Å²) in [5, 5.41) is 18.0. The molecule has 1 amide bonds. The molecule has 0 fully saturated rings. The van der Waals surface area contributed by atoms with E-state index in [1.807, 2.05) is 54.1 Å². The first kappa shape index (κ1) is 27.1. The van der Waals surface area contributed by atoms with Gasteiger partial charge < -0.3 is 25.0 Å². The Balaban J connectivity index is 1.66. The van der Waals surface area contributed by atoms with Crippen LogP contribution in [0.1, 0.15) is 28.4 Å². The Labute approximate surface area is 218 Å². The first-order chi connectivity index (χ1) is 17.7. The molecule has 3 aromatic rings. The van der Waals surface area contributed by atoms with Crippen molar-refractivity contribution < 1.29 is 23.1 Å². The molecule has 1 unspecified atom stereocenters. The summed E-state index contributed by atoms with van der Waals surface area (Å²) in [6.07, 6.45) is 2.01. The minimum Gasteiger partial charge on any atom is -0.390 e. The zero-order valence-electron chi connectivity index (χ0n) is 21.6. The van der Waals surface area contributed by atoms with Gasteiger partial charge >= 0.3 is 0 Å². The number of carbonyl (C=O) groups excluding carboxylic acids is 1. The molecule has 0 spiro atoms. The molecule has 1 aliphatic heterocycles. The summed E-state index contributed by atoms with van der Waals surface area (Å²) >= 11 is 0. The lowest BCUT2D eigenvalue weighted by molar-refractivity contribution is 0.0825. The quantitative estimate of drug-likeness (QED) is 0.328. The van der Waals surface area contributed by atoms with Crippen molar-refractivity contribution in [1.29, 1.82) is 0 Å². The van der Waals surface area contributed by atoms with E-state index < -0.39 is 22.2 Å². The number of aliphatic hydroxyl groups excluding tert-OH is 1. The molecule has 0 bridgehead atoms. The molecule has 1 aliphatic rings. The molecule has 10 heteroatoms. The summed E-state index contributed by atoms with van der Waals surface area (Å²) in [7, 11) is -0.348. The number of aromatic nitrogens is 1. The zero-order chi connectivity index (χ0) is 26.6. The van der Waals surface area contributed by atoms with Gasteiger partial charge in [0, 0.05) is 50.9 Å². The maximum absolute atomic E-state index is 13.6. The van der Waals surface area contributed by atoms with E-state index in [1.165, 1.54) is 11.4 Å². The van der Waals surface area contributed by atoms with Crippen molar-refractivity contribution in [1.82, 2.24) is 15.2 Å². The van der Waals surface area contributed by atoms with Crippen LogP contribution in [0.3, 0.4) is 0 Å². The van der Waals surface area contributed by atoms with Gasteiger partial charge in [0.25, 0.3) is 5.91 Å². The predicted molar refractivity (Wildman–Crippen MR) is 146 cm³/mol. The van der Waals surface area contributed by atoms with Gasteiger partial charge in [0.1, 0.15) is 0 Å². The number of aliphatic hydroxyl groups is 1. The fourth-order valence-electron chi connectivity index (χ4n) is 4.82. The Morgan fingerprint density at radius 2 is 1.97 bits per heavy atom. The number of sulfonamides is 1. The maximum Gasteiger partial charge on any atom is 0.251 e. The van der Waals surface area contributed by atoms with Crippen LogP contribution in [0.4, 0.5) is 5.69 Å². The monoisotopic (exact) mass is 528 g/mol. The molecule has 3 N–H and O–H groups in total. The molecule has 4 rings (SSSR count). The van der Waals surface area contributed by atoms with Crippen molar-refractivity contribution in [2.45, 2.75) is 38.5 Å². The van der Waals surface area contributed by atoms with E-state index in [0.29, 0.717) is 43.8 Å². The molecule has 0 aliphatic carbocycles. The van der Waals surface area contributed by atoms with E-state index in [4.69, 9.17) is 4.74 Å². The lowest BCUT2D eigenvalue weighted by Gasteiger charge is -2.25. The van der Waals surface area contributed by atoms with Gasteiger partial charge in [-0.25, -0.2) is 8.42 Å². The van der Waals surface area contributed by atoms with Crippen molar-refractivity contribution in [3.63, 3.8) is 0 Å². The smallest absolute Gasteiger partial charge is 0.251 e. The molecular weight excluding hydrogens is 492 g/mol. The molecule has 37 heavy (non-hydrogen) atoms. The fraction of sp³-hybridized carbons (Fsp3) is 0.444. The lowest BCUT2D eigenvalue weighted by atomic mass is 10.00. The number of anilines is 1. The van der Waals surface area contributed by atoms with Crippen LogP contribution in [0.15, 0.2) is 48.7 Å². The number of ether oxygens (including phenoxy) is 1. The van der Waals surface area contributed by atoms with Crippen LogP contribution in [-0.2, 0) is 34.1 Å². The maximum atomic E-state index is 13.6. The van der Waals surface area contributed by atoms with Gasteiger partial charge in [0.15, 0.2) is 0 Å². The molecule has 200 valence electrons. The second-order valence-corrected chi connectivity index (χ2v) is 11.5. The van der Waals surface area contributed by atoms with Crippen molar-refractivity contribution in [3.05, 3.63) is 65.4 Å². The standard InChI is InChI=1S/C27H36N4O5S/c1-4-31-18-20-10-13-37(34,35)30(2)23-15-21(16-24(31)26(20)23)27(33)29-22(14-19-8-6-5-7-9-19)25(32)17-28-11-12-36-3/h5-9,15-16,18,22,25,28,32H,4,10-14,17H2,1-3H3,(H,29,33)/t22-,25?/m0/s1. The summed E-state index contributed by atoms with van der Waals surface area (Å²) < 4.78 is 34.1. The Morgan fingerprint density at radius 3 is 2.68 bits per heavy atom. The Hall–Kier alpha value is -2.92. The average Bonchev–Trinajstić information content (AvgIpc) is 3.22. The van der Waals surface area contributed by atoms with Gasteiger partial charge in [-0.05, 0) is 43.0 Å². The highest BCUT2D eigenvalue weighted by molar-refractivity contribution is 7.92. The van der Waals surface area contributed by atoms with E-state index in [9.17, 15) is 18.3 Å². The third kappa shape index (κ3) is 5.98. The second kappa shape index (κ2) is 11.6. The van der Waals surface area contributed by atoms with Gasteiger partial charge in [-0.15, -0.1) is 0 Å². The first-order valence-electron chi connectivity index (χ1n) is 12.6. The zero-order valence-corrected chi connectivity index (χ0v) is 22.4. The largest absolute Gasteiger partial charge is 0.390 e. The topological polar surface area (TPSA) is 113 Å². The number of carbonyl (C=O) groups is 1. The fourth-order valence-corrected chi connectivity index (χ4v) is 6.01. The number of hydrogen-bond acceptors (Lipinski definition) is 6. The summed E-state index contributed by atoms with van der Waals surface area (Å²) in [4.78, 5) is 13.6. The number of methoxy groups -OCH3 is 1. The molecule has 0 saturated carbocycles. The number of nitrogens with one attached hydrogen (secondary N) is 2. The van der Waals surface area contributed by atoms with Crippen LogP contribution >= 0.6 is 0 Å². The van der Waals surface area contributed by atoms with Crippen molar-refractivity contribution in [2.75, 3.05) is 43.9 Å². The second-order valence-electron chi connectivity index (χ2n) is 9.40. The van der Waals surface area contributed by atoms with Crippen LogP contribution in [-0.4, -0.2) is 75.8 Å². The number of rotatable bonds is 11. The number of aryl methyl sites for hydroxylation is 2. The minimum absolute atomic E-state index is 0.0178. The molecule has 2 heterocycles. The summed E-state index contributed by atoms with van der Waals surface area (Å²) in [6.45, 7) is 4.09. The van der Waals surface area contributed by atoms with E-state index in [2.05, 4.69) is 10.6 Å². The summed E-state index contributed by atoms with van der Waals surface area (Å²) in [5.74, 6) is -0.347. The molecule has 2 atom stereocenters. The number of amides is 1. The SMILES string of the molecule is CCn1cc2c3c(cc(C(=O)N[C@@H](Cc4ccccc4)C(O)CNCCOC)cc31)N(C)S(=O)(=O)CC2. The van der Waals surface area contributed by atoms with Gasteiger partial charge in [0.2, 0.25) is 10.0 Å². The summed E-state index contributed by atoms with van der Waals surface area (Å²) in [5.41, 5.74) is 3.63. The highest BCUT2D eigenvalue weighted by Crippen LogP contribution is 2.36. The third-order valence-corrected chi connectivity index (χ3v) is 8.69. The van der Waals surface area contributed by atoms with Crippen LogP contribution < -0.4 is 14.9 Å². The molecule has 0 radical (unpaired) electrons. The number of nitrogens with zero attached hydrogens (tertiary/aromatic N) is 2. The van der Waals surface area contributed by atoms with E-state index in [-0.39, 0.29) is 18.2 Å². The minimum atomic E-state index is -3.50. The molecule has 9 nitrogen and oxygen atoms in total. The van der Waals surface area contributed by atoms with Crippen molar-refractivity contribution in [3.8, 4) is 0 Å². The van der Waals surface area contributed by atoms with E-state index in [0.717, 1.165) is 22.0 Å². The van der Waals surface area contributed by atoms with Crippen LogP contribution in [0.5, 0.6) is 0 Å². The Bertz CT molecular complexity index is 1340. The third-order valence-electron chi connectivity index (χ3n) is 6.94. The van der Waals surface area contributed by atoms with Gasteiger partial charge in [-0.3, -0.25) is 9.10 Å². The molecule has 1 aromatic heterocycles. The molecule has 2 aromatic carbocycles. The average molecular weight is 529 g/mol. The van der Waals surface area contributed by atoms with Crippen molar-refractivity contribution in [2.24, 2.45) is 0 Å². The Kier molecular flexibility index (Phi) is 8.53. The normalized spacial score (nSPS) is 16.4. The number of benzene rings is 2. The lowest BCUT2D eigenvalue weighted by Crippen LogP contribution is -2.49. The van der Waals surface area contributed by atoms with Gasteiger partial charge in [-0.2, -0.15) is 0 Å². The van der Waals surface area contributed by atoms with E-state index >= 15 is 0 Å². The predicted octanol–water partition coefficient (Wildman–Crippen LogP) is 1.92. The van der Waals surface area contributed by atoms with Crippen molar-refractivity contribution >= 4 is 32.5 Å². The highest BCUT2D eigenvalue weighted by atomic mass is 32.2. The highest BCUT2D eigenvalue weighted by Gasteiger charge is 2.29. The van der Waals surface area contributed by atoms with Crippen LogP contribution in [0, 0.1) is 0 Å². The molecule has 0 saturated heterocycles. The van der Waals surface area contributed by atoms with Gasteiger partial charge in [-0.1, -0.05) is 30.3 Å². The van der Waals surface area contributed by atoms with Crippen LogP contribution in [0.2, 0.25) is 0 Å². The molecular formula is C27H36N4O5S. The van der Waals surface area contributed by atoms with Crippen LogP contribution in [0.25, 0.3) is 10.9 Å². The Morgan fingerprint density at radius 1 is 1.22 bits per heavy atom. The van der Waals surface area contributed by atoms with E-state index in [1.54, 1.807) is 13.2 Å². The van der Waals surface area contributed by atoms with Gasteiger partial charge in [0.05, 0.1) is 35.7 Å². The first-order valence-corrected chi connectivity index (χ1v) is 14.2. The summed E-state index contributed by atoms with van der Waals surface area (Å²) in [6, 6.07) is 12.6. The number of hydrogen-bond donors (Lipinski definition) is 3.